The van der Waals surface area contributed by atoms with Gasteiger partial charge in [-0.1, -0.05) is 12.1 Å². The van der Waals surface area contributed by atoms with Gasteiger partial charge in [-0.05, 0) is 42.3 Å². The van der Waals surface area contributed by atoms with Gasteiger partial charge in [0.2, 0.25) is 0 Å². The number of anilines is 1. The second kappa shape index (κ2) is 4.05. The van der Waals surface area contributed by atoms with E-state index in [1.54, 1.807) is 11.3 Å². The van der Waals surface area contributed by atoms with Crippen molar-refractivity contribution in [3.8, 4) is 11.1 Å². The highest BCUT2D eigenvalue weighted by molar-refractivity contribution is 7.18. The lowest BCUT2D eigenvalue weighted by atomic mass is 10.1. The summed E-state index contributed by atoms with van der Waals surface area (Å²) in [7, 11) is 0. The molecule has 4 rings (SSSR count). The van der Waals surface area contributed by atoms with Crippen molar-refractivity contribution in [3.63, 3.8) is 0 Å². The van der Waals surface area contributed by atoms with E-state index in [0.29, 0.717) is 5.58 Å². The predicted octanol–water partition coefficient (Wildman–Crippen LogP) is 4.00. The molecule has 0 fully saturated rings. The van der Waals surface area contributed by atoms with Crippen molar-refractivity contribution < 1.29 is 4.42 Å². The minimum Gasteiger partial charge on any atom is -0.424 e. The van der Waals surface area contributed by atoms with Gasteiger partial charge < -0.3 is 10.2 Å². The maximum Gasteiger partial charge on any atom is 0.292 e. The van der Waals surface area contributed by atoms with Crippen LogP contribution in [0.15, 0.2) is 40.8 Å². The standard InChI is InChI=1S/C15H11N3OS/c1-8-17-11-4-2-10(7-14(11)20-8)9-3-5-13-12(6-9)18-15(16)19-13/h2-7H,1H3,(H2,16,18). The Balaban J connectivity index is 1.90. The number of aryl methyl sites for hydroxylation is 1. The van der Waals surface area contributed by atoms with Crippen LogP contribution < -0.4 is 5.73 Å². The smallest absolute Gasteiger partial charge is 0.292 e. The maximum atomic E-state index is 5.57. The first-order valence-electron chi connectivity index (χ1n) is 6.23. The van der Waals surface area contributed by atoms with E-state index in [4.69, 9.17) is 10.2 Å². The number of oxazole rings is 1. The lowest BCUT2D eigenvalue weighted by Gasteiger charge is -2.01. The Bertz CT molecular complexity index is 861. The Morgan fingerprint density at radius 2 is 1.80 bits per heavy atom. The van der Waals surface area contributed by atoms with Crippen LogP contribution in [0, 0.1) is 6.92 Å². The summed E-state index contributed by atoms with van der Waals surface area (Å²) in [6, 6.07) is 12.4. The SMILES string of the molecule is Cc1nc2ccc(-c3ccc4oc(N)nc4c3)cc2s1. The molecule has 0 unspecified atom stereocenters. The third-order valence-corrected chi connectivity index (χ3v) is 4.17. The molecular formula is C15H11N3OS. The number of hydrogen-bond acceptors (Lipinski definition) is 5. The van der Waals surface area contributed by atoms with Gasteiger partial charge in [-0.25, -0.2) is 4.98 Å². The van der Waals surface area contributed by atoms with Gasteiger partial charge in [0.1, 0.15) is 5.52 Å². The monoisotopic (exact) mass is 281 g/mol. The molecule has 2 aromatic carbocycles. The first kappa shape index (κ1) is 11.4. The van der Waals surface area contributed by atoms with Crippen molar-refractivity contribution >= 4 is 38.7 Å². The molecule has 2 N–H and O–H groups in total. The summed E-state index contributed by atoms with van der Waals surface area (Å²) < 4.78 is 6.49. The quantitative estimate of drug-likeness (QED) is 0.573. The third-order valence-electron chi connectivity index (χ3n) is 3.23. The van der Waals surface area contributed by atoms with E-state index in [1.807, 2.05) is 25.1 Å². The fourth-order valence-electron chi connectivity index (χ4n) is 2.34. The number of nitrogen functional groups attached to an aromatic ring is 1. The maximum absolute atomic E-state index is 5.57. The van der Waals surface area contributed by atoms with Crippen molar-refractivity contribution in [1.29, 1.82) is 0 Å². The molecule has 0 saturated heterocycles. The number of benzene rings is 2. The fourth-order valence-corrected chi connectivity index (χ4v) is 3.21. The Kier molecular flexibility index (Phi) is 2.31. The zero-order chi connectivity index (χ0) is 13.7. The van der Waals surface area contributed by atoms with E-state index in [2.05, 4.69) is 28.2 Å². The zero-order valence-electron chi connectivity index (χ0n) is 10.8. The molecule has 0 aliphatic heterocycles. The highest BCUT2D eigenvalue weighted by atomic mass is 32.1. The van der Waals surface area contributed by atoms with E-state index >= 15 is 0 Å². The minimum absolute atomic E-state index is 0.200. The number of fused-ring (bicyclic) bond motifs is 2. The summed E-state index contributed by atoms with van der Waals surface area (Å²) >= 11 is 1.70. The van der Waals surface area contributed by atoms with E-state index in [-0.39, 0.29) is 6.01 Å². The second-order valence-corrected chi connectivity index (χ2v) is 5.88. The molecule has 20 heavy (non-hydrogen) atoms. The number of aromatic nitrogens is 2. The number of nitrogens with two attached hydrogens (primary N) is 1. The molecular weight excluding hydrogens is 270 g/mol. The second-order valence-electron chi connectivity index (χ2n) is 4.65. The van der Waals surface area contributed by atoms with Gasteiger partial charge in [0, 0.05) is 0 Å². The van der Waals surface area contributed by atoms with Crippen molar-refractivity contribution in [1.82, 2.24) is 9.97 Å². The largest absolute Gasteiger partial charge is 0.424 e. The molecule has 0 saturated carbocycles. The number of thiazole rings is 1. The Hall–Kier alpha value is -2.40. The molecule has 0 aliphatic carbocycles. The third kappa shape index (κ3) is 1.75. The van der Waals surface area contributed by atoms with E-state index in [1.165, 1.54) is 4.70 Å². The fraction of sp³-hybridized carbons (Fsp3) is 0.0667. The van der Waals surface area contributed by atoms with Gasteiger partial charge in [-0.15, -0.1) is 11.3 Å². The van der Waals surface area contributed by atoms with Crippen LogP contribution in [-0.4, -0.2) is 9.97 Å². The zero-order valence-corrected chi connectivity index (χ0v) is 11.6. The molecule has 0 radical (unpaired) electrons. The predicted molar refractivity (Wildman–Crippen MR) is 81.8 cm³/mol. The van der Waals surface area contributed by atoms with Gasteiger partial charge in [-0.2, -0.15) is 4.98 Å². The molecule has 2 heterocycles. The average molecular weight is 281 g/mol. The van der Waals surface area contributed by atoms with Gasteiger partial charge in [0.05, 0.1) is 15.2 Å². The van der Waals surface area contributed by atoms with Crippen LogP contribution >= 0.6 is 11.3 Å². The topological polar surface area (TPSA) is 64.9 Å². The highest BCUT2D eigenvalue weighted by Gasteiger charge is 2.07. The van der Waals surface area contributed by atoms with E-state index < -0.39 is 0 Å². The Morgan fingerprint density at radius 1 is 1.00 bits per heavy atom. The molecule has 4 nitrogen and oxygen atoms in total. The van der Waals surface area contributed by atoms with Gasteiger partial charge in [0.25, 0.3) is 6.01 Å². The first-order valence-corrected chi connectivity index (χ1v) is 7.04. The molecule has 0 spiro atoms. The number of rotatable bonds is 1. The molecule has 0 atom stereocenters. The average Bonchev–Trinajstić information content (AvgIpc) is 2.97. The van der Waals surface area contributed by atoms with Crippen LogP contribution in [-0.2, 0) is 0 Å². The molecule has 0 bridgehead atoms. The summed E-state index contributed by atoms with van der Waals surface area (Å²) in [5.41, 5.74) is 10.3. The van der Waals surface area contributed by atoms with Crippen LogP contribution in [0.1, 0.15) is 5.01 Å². The van der Waals surface area contributed by atoms with Gasteiger partial charge >= 0.3 is 0 Å². The van der Waals surface area contributed by atoms with Crippen LogP contribution in [0.2, 0.25) is 0 Å². The summed E-state index contributed by atoms with van der Waals surface area (Å²) in [6.07, 6.45) is 0. The van der Waals surface area contributed by atoms with Crippen molar-refractivity contribution in [3.05, 3.63) is 41.4 Å². The Labute approximate surface area is 118 Å². The minimum atomic E-state index is 0.200. The molecule has 98 valence electrons. The van der Waals surface area contributed by atoms with Gasteiger partial charge in [0.15, 0.2) is 5.58 Å². The molecule has 2 aromatic heterocycles. The van der Waals surface area contributed by atoms with Crippen molar-refractivity contribution in [2.45, 2.75) is 6.92 Å². The summed E-state index contributed by atoms with van der Waals surface area (Å²) in [6.45, 7) is 2.02. The van der Waals surface area contributed by atoms with Crippen LogP contribution in [0.3, 0.4) is 0 Å². The lowest BCUT2D eigenvalue weighted by Crippen LogP contribution is -1.81. The van der Waals surface area contributed by atoms with E-state index in [0.717, 1.165) is 27.2 Å². The molecule has 4 aromatic rings. The number of hydrogen-bond donors (Lipinski definition) is 1. The summed E-state index contributed by atoms with van der Waals surface area (Å²) in [5, 5.41) is 1.08. The molecule has 5 heteroatoms. The lowest BCUT2D eigenvalue weighted by molar-refractivity contribution is 0.626. The van der Waals surface area contributed by atoms with Crippen molar-refractivity contribution in [2.24, 2.45) is 0 Å². The van der Waals surface area contributed by atoms with Gasteiger partial charge in [-0.3, -0.25) is 0 Å². The normalized spacial score (nSPS) is 11.4. The van der Waals surface area contributed by atoms with Crippen LogP contribution in [0.4, 0.5) is 6.01 Å². The molecule has 0 aliphatic rings. The first-order chi connectivity index (χ1) is 9.69. The van der Waals surface area contributed by atoms with Crippen LogP contribution in [0.5, 0.6) is 0 Å². The number of nitrogens with zero attached hydrogens (tertiary/aromatic N) is 2. The van der Waals surface area contributed by atoms with Crippen LogP contribution in [0.25, 0.3) is 32.4 Å². The molecule has 0 amide bonds. The highest BCUT2D eigenvalue weighted by Crippen LogP contribution is 2.30. The van der Waals surface area contributed by atoms with E-state index in [9.17, 15) is 0 Å². The summed E-state index contributed by atoms with van der Waals surface area (Å²) in [4.78, 5) is 8.64. The summed E-state index contributed by atoms with van der Waals surface area (Å²) in [5.74, 6) is 0. The Morgan fingerprint density at radius 3 is 2.70 bits per heavy atom. The van der Waals surface area contributed by atoms with Crippen molar-refractivity contribution in [2.75, 3.05) is 5.73 Å².